The van der Waals surface area contributed by atoms with Crippen LogP contribution in [0.1, 0.15) is 45.0 Å². The fourth-order valence-electron chi connectivity index (χ4n) is 1.93. The Labute approximate surface area is 127 Å². The van der Waals surface area contributed by atoms with Crippen molar-refractivity contribution < 1.29 is 9.53 Å². The molecule has 2 atom stereocenters. The summed E-state index contributed by atoms with van der Waals surface area (Å²) in [6.45, 7) is 7.48. The maximum absolute atomic E-state index is 12.5. The van der Waals surface area contributed by atoms with E-state index in [2.05, 4.69) is 4.98 Å². The number of carbonyl (C=O) groups is 1. The van der Waals surface area contributed by atoms with Crippen molar-refractivity contribution in [3.63, 3.8) is 0 Å². The average molecular weight is 308 g/mol. The van der Waals surface area contributed by atoms with Crippen molar-refractivity contribution in [3.05, 3.63) is 27.6 Å². The Hall–Kier alpha value is -1.69. The Morgan fingerprint density at radius 2 is 2.14 bits per heavy atom. The van der Waals surface area contributed by atoms with Crippen LogP contribution in [0.5, 0.6) is 0 Å². The predicted molar refractivity (Wildman–Crippen MR) is 83.8 cm³/mol. The molecule has 0 radical (unpaired) electrons. The van der Waals surface area contributed by atoms with Crippen LogP contribution in [0.2, 0.25) is 0 Å². The molecular weight excluding hydrogens is 288 g/mol. The zero-order valence-corrected chi connectivity index (χ0v) is 13.6. The zero-order valence-electron chi connectivity index (χ0n) is 12.8. The van der Waals surface area contributed by atoms with Crippen LogP contribution in [0.3, 0.4) is 0 Å². The fourth-order valence-corrected chi connectivity index (χ4v) is 2.86. The number of rotatable bonds is 5. The maximum atomic E-state index is 12.5. The summed E-state index contributed by atoms with van der Waals surface area (Å²) in [7, 11) is 0. The minimum atomic E-state index is -0.673. The van der Waals surface area contributed by atoms with Crippen molar-refractivity contribution in [2.75, 3.05) is 0 Å². The summed E-state index contributed by atoms with van der Waals surface area (Å²) in [5.41, 5.74) is -0.190. The average Bonchev–Trinajstić information content (AvgIpc) is 2.91. The lowest BCUT2D eigenvalue weighted by molar-refractivity contribution is -0.152. The molecule has 0 fully saturated rings. The van der Waals surface area contributed by atoms with Gasteiger partial charge in [0.25, 0.3) is 5.56 Å². The first-order valence-corrected chi connectivity index (χ1v) is 7.99. The Morgan fingerprint density at radius 1 is 1.43 bits per heavy atom. The summed E-state index contributed by atoms with van der Waals surface area (Å²) in [4.78, 5) is 30.7. The third kappa shape index (κ3) is 3.15. The molecule has 0 amide bonds. The quantitative estimate of drug-likeness (QED) is 0.797. The number of thiophene rings is 1. The van der Waals surface area contributed by atoms with Crippen molar-refractivity contribution >= 4 is 27.5 Å². The van der Waals surface area contributed by atoms with Crippen LogP contribution in [-0.2, 0) is 16.0 Å². The van der Waals surface area contributed by atoms with E-state index in [4.69, 9.17) is 4.74 Å². The SMILES string of the molecule is CCc1cc2c(=O)n(C(C)C(=O)OC(C)CC)cnc2s1. The van der Waals surface area contributed by atoms with E-state index >= 15 is 0 Å². The first kappa shape index (κ1) is 15.7. The van der Waals surface area contributed by atoms with E-state index in [9.17, 15) is 9.59 Å². The molecular formula is C15H20N2O3S. The van der Waals surface area contributed by atoms with Crippen molar-refractivity contribution in [2.24, 2.45) is 0 Å². The molecule has 0 saturated carbocycles. The van der Waals surface area contributed by atoms with E-state index in [1.807, 2.05) is 26.8 Å². The first-order chi connectivity index (χ1) is 9.97. The molecule has 2 aromatic heterocycles. The fraction of sp³-hybridized carbons (Fsp3) is 0.533. The summed E-state index contributed by atoms with van der Waals surface area (Å²) in [5, 5.41) is 0.572. The van der Waals surface area contributed by atoms with Crippen LogP contribution in [0.4, 0.5) is 0 Å². The summed E-state index contributed by atoms with van der Waals surface area (Å²) in [5.74, 6) is -0.404. The van der Waals surface area contributed by atoms with Gasteiger partial charge in [0.1, 0.15) is 10.9 Å². The Bertz CT molecular complexity index is 704. The van der Waals surface area contributed by atoms with Crippen LogP contribution in [0.25, 0.3) is 10.2 Å². The number of aromatic nitrogens is 2. The van der Waals surface area contributed by atoms with Crippen molar-refractivity contribution in [1.29, 1.82) is 0 Å². The largest absolute Gasteiger partial charge is 0.461 e. The normalized spacial score (nSPS) is 14.1. The van der Waals surface area contributed by atoms with E-state index in [0.29, 0.717) is 5.39 Å². The summed E-state index contributed by atoms with van der Waals surface area (Å²) >= 11 is 1.51. The second kappa shape index (κ2) is 6.39. The zero-order chi connectivity index (χ0) is 15.6. The molecule has 0 aliphatic carbocycles. The van der Waals surface area contributed by atoms with Crippen molar-refractivity contribution in [1.82, 2.24) is 9.55 Å². The second-order valence-electron chi connectivity index (χ2n) is 5.07. The number of fused-ring (bicyclic) bond motifs is 1. The molecule has 2 heterocycles. The smallest absolute Gasteiger partial charge is 0.329 e. The maximum Gasteiger partial charge on any atom is 0.329 e. The lowest BCUT2D eigenvalue weighted by Gasteiger charge is -2.17. The van der Waals surface area contributed by atoms with Crippen LogP contribution < -0.4 is 5.56 Å². The van der Waals surface area contributed by atoms with E-state index < -0.39 is 12.0 Å². The van der Waals surface area contributed by atoms with E-state index in [0.717, 1.165) is 22.5 Å². The van der Waals surface area contributed by atoms with Crippen molar-refractivity contribution in [3.8, 4) is 0 Å². The molecule has 21 heavy (non-hydrogen) atoms. The molecule has 2 unspecified atom stereocenters. The lowest BCUT2D eigenvalue weighted by atomic mass is 10.3. The first-order valence-electron chi connectivity index (χ1n) is 7.17. The van der Waals surface area contributed by atoms with Gasteiger partial charge in [0, 0.05) is 4.88 Å². The monoisotopic (exact) mass is 308 g/mol. The summed E-state index contributed by atoms with van der Waals surface area (Å²) < 4.78 is 6.63. The van der Waals surface area contributed by atoms with Crippen molar-refractivity contribution in [2.45, 2.75) is 52.7 Å². The van der Waals surface area contributed by atoms with Gasteiger partial charge in [0.15, 0.2) is 0 Å². The van der Waals surface area contributed by atoms with Gasteiger partial charge in [0.05, 0.1) is 17.8 Å². The van der Waals surface area contributed by atoms with Gasteiger partial charge in [-0.1, -0.05) is 13.8 Å². The number of carbonyl (C=O) groups excluding carboxylic acids is 1. The summed E-state index contributed by atoms with van der Waals surface area (Å²) in [6.07, 6.45) is 2.89. The predicted octanol–water partition coefficient (Wildman–Crippen LogP) is 2.92. The Kier molecular flexibility index (Phi) is 4.77. The number of aryl methyl sites for hydroxylation is 1. The standard InChI is InChI=1S/C15H20N2O3S/c1-5-9(3)20-15(19)10(4)17-8-16-13-12(14(17)18)7-11(6-2)21-13/h7-10H,5-6H2,1-4H3. The highest BCUT2D eigenvalue weighted by molar-refractivity contribution is 7.18. The minimum absolute atomic E-state index is 0.153. The highest BCUT2D eigenvalue weighted by Gasteiger charge is 2.21. The Morgan fingerprint density at radius 3 is 2.76 bits per heavy atom. The number of esters is 1. The van der Waals surface area contributed by atoms with Crippen LogP contribution in [0, 0.1) is 0 Å². The number of nitrogens with zero attached hydrogens (tertiary/aromatic N) is 2. The molecule has 114 valence electrons. The number of ether oxygens (including phenoxy) is 1. The van der Waals surface area contributed by atoms with Gasteiger partial charge < -0.3 is 4.74 Å². The van der Waals surface area contributed by atoms with Gasteiger partial charge in [-0.05, 0) is 32.8 Å². The molecule has 5 nitrogen and oxygen atoms in total. The van der Waals surface area contributed by atoms with Gasteiger partial charge in [-0.3, -0.25) is 9.36 Å². The third-order valence-corrected chi connectivity index (χ3v) is 4.71. The molecule has 0 saturated heterocycles. The Balaban J connectivity index is 2.35. The van der Waals surface area contributed by atoms with Gasteiger partial charge in [0.2, 0.25) is 0 Å². The van der Waals surface area contributed by atoms with Gasteiger partial charge in [-0.15, -0.1) is 11.3 Å². The van der Waals surface area contributed by atoms with Gasteiger partial charge in [-0.25, -0.2) is 9.78 Å². The van der Waals surface area contributed by atoms with Crippen LogP contribution >= 0.6 is 11.3 Å². The molecule has 0 aromatic carbocycles. The minimum Gasteiger partial charge on any atom is -0.461 e. The number of hydrogen-bond acceptors (Lipinski definition) is 5. The van der Waals surface area contributed by atoms with Gasteiger partial charge >= 0.3 is 5.97 Å². The lowest BCUT2D eigenvalue weighted by Crippen LogP contribution is -2.30. The third-order valence-electron chi connectivity index (χ3n) is 3.53. The molecule has 0 N–H and O–H groups in total. The molecule has 0 aliphatic rings. The molecule has 6 heteroatoms. The van der Waals surface area contributed by atoms with E-state index in [-0.39, 0.29) is 11.7 Å². The summed E-state index contributed by atoms with van der Waals surface area (Å²) in [6, 6.07) is 1.19. The molecule has 2 aromatic rings. The highest BCUT2D eigenvalue weighted by atomic mass is 32.1. The topological polar surface area (TPSA) is 61.2 Å². The van der Waals surface area contributed by atoms with E-state index in [1.165, 1.54) is 22.2 Å². The molecule has 0 bridgehead atoms. The molecule has 0 spiro atoms. The molecule has 0 aliphatic heterocycles. The van der Waals surface area contributed by atoms with Crippen LogP contribution in [0.15, 0.2) is 17.2 Å². The number of hydrogen-bond donors (Lipinski definition) is 0. The van der Waals surface area contributed by atoms with Gasteiger partial charge in [-0.2, -0.15) is 0 Å². The second-order valence-corrected chi connectivity index (χ2v) is 6.19. The molecule has 2 rings (SSSR count). The van der Waals surface area contributed by atoms with E-state index in [1.54, 1.807) is 6.92 Å². The highest BCUT2D eigenvalue weighted by Crippen LogP contribution is 2.21. The van der Waals surface area contributed by atoms with Crippen LogP contribution in [-0.4, -0.2) is 21.6 Å².